The maximum Gasteiger partial charge on any atom is 0.253 e. The molecule has 0 radical (unpaired) electrons. The number of hydrogen-bond acceptors (Lipinski definition) is 7. The molecule has 0 saturated carbocycles. The van der Waals surface area contributed by atoms with Crippen molar-refractivity contribution in [2.45, 2.75) is 6.54 Å². The maximum absolute atomic E-state index is 12.9. The van der Waals surface area contributed by atoms with Crippen LogP contribution >= 0.6 is 0 Å². The van der Waals surface area contributed by atoms with Crippen LogP contribution in [0.4, 0.5) is 5.82 Å². The van der Waals surface area contributed by atoms with Crippen molar-refractivity contribution in [2.75, 3.05) is 31.9 Å². The molecule has 2 aromatic heterocycles. The van der Waals surface area contributed by atoms with E-state index in [2.05, 4.69) is 20.0 Å². The molecule has 1 amide bonds. The van der Waals surface area contributed by atoms with Gasteiger partial charge in [0.25, 0.3) is 5.91 Å². The average Bonchev–Trinajstić information content (AvgIpc) is 2.81. The lowest BCUT2D eigenvalue weighted by molar-refractivity contribution is 0.0628. The monoisotopic (exact) mass is 415 g/mol. The predicted octanol–water partition coefficient (Wildman–Crippen LogP) is 1.73. The maximum atomic E-state index is 12.9. The topological polar surface area (TPSA) is 114 Å². The zero-order chi connectivity index (χ0) is 21.6. The van der Waals surface area contributed by atoms with Gasteiger partial charge in [-0.3, -0.25) is 14.7 Å². The molecule has 0 unspecified atom stereocenters. The largest absolute Gasteiger partial charge is 0.384 e. The lowest BCUT2D eigenvalue weighted by Gasteiger charge is -2.34. The summed E-state index contributed by atoms with van der Waals surface area (Å²) in [5, 5.41) is 3.88. The summed E-state index contributed by atoms with van der Waals surface area (Å²) in [6.45, 7) is 3.80. The minimum atomic E-state index is 0.0310. The van der Waals surface area contributed by atoms with Crippen LogP contribution in [-0.4, -0.2) is 57.6 Å². The number of nitrogen functional groups attached to an aromatic ring is 1. The first-order valence-electron chi connectivity index (χ1n) is 10.2. The second-order valence-electron chi connectivity index (χ2n) is 7.43. The van der Waals surface area contributed by atoms with Crippen molar-refractivity contribution < 1.29 is 4.79 Å². The van der Waals surface area contributed by atoms with Gasteiger partial charge in [-0.15, -0.1) is 0 Å². The summed E-state index contributed by atoms with van der Waals surface area (Å²) in [5.74, 6) is 6.15. The number of anilines is 1. The van der Waals surface area contributed by atoms with Crippen LogP contribution in [-0.2, 0) is 6.54 Å². The highest BCUT2D eigenvalue weighted by Gasteiger charge is 2.22. The SMILES string of the molecule is NN=C(c1ccc(C(=O)N2CCN(Cc3ccnc(N)c3)CC2)cc1)c1ccccn1. The summed E-state index contributed by atoms with van der Waals surface area (Å²) >= 11 is 0. The normalized spacial score (nSPS) is 15.1. The number of hydrazone groups is 1. The Bertz CT molecular complexity index is 1060. The van der Waals surface area contributed by atoms with Gasteiger partial charge in [-0.25, -0.2) is 4.98 Å². The molecule has 4 N–H and O–H groups in total. The molecule has 158 valence electrons. The molecule has 0 spiro atoms. The van der Waals surface area contributed by atoms with Crippen molar-refractivity contribution in [3.8, 4) is 0 Å². The van der Waals surface area contributed by atoms with Gasteiger partial charge in [-0.05, 0) is 42.0 Å². The van der Waals surface area contributed by atoms with E-state index in [4.69, 9.17) is 11.6 Å². The van der Waals surface area contributed by atoms with Crippen molar-refractivity contribution in [1.29, 1.82) is 0 Å². The number of nitrogens with zero attached hydrogens (tertiary/aromatic N) is 5. The van der Waals surface area contributed by atoms with E-state index in [-0.39, 0.29) is 5.91 Å². The summed E-state index contributed by atoms with van der Waals surface area (Å²) in [4.78, 5) is 25.5. The van der Waals surface area contributed by atoms with Crippen LogP contribution in [0, 0.1) is 0 Å². The Kier molecular flexibility index (Phi) is 6.18. The molecular weight excluding hydrogens is 390 g/mol. The highest BCUT2D eigenvalue weighted by atomic mass is 16.2. The molecule has 4 rings (SSSR count). The first-order valence-corrected chi connectivity index (χ1v) is 10.2. The Hall–Kier alpha value is -3.78. The van der Waals surface area contributed by atoms with Crippen molar-refractivity contribution in [1.82, 2.24) is 19.8 Å². The fourth-order valence-corrected chi connectivity index (χ4v) is 3.70. The number of benzene rings is 1. The molecule has 8 heteroatoms. The molecule has 31 heavy (non-hydrogen) atoms. The average molecular weight is 416 g/mol. The second kappa shape index (κ2) is 9.36. The van der Waals surface area contributed by atoms with Crippen LogP contribution in [0.3, 0.4) is 0 Å². The molecule has 3 aromatic rings. The van der Waals surface area contributed by atoms with Crippen molar-refractivity contribution >= 4 is 17.4 Å². The van der Waals surface area contributed by atoms with Gasteiger partial charge in [0, 0.05) is 56.2 Å². The quantitative estimate of drug-likeness (QED) is 0.373. The third-order valence-electron chi connectivity index (χ3n) is 5.35. The van der Waals surface area contributed by atoms with E-state index >= 15 is 0 Å². The van der Waals surface area contributed by atoms with Gasteiger partial charge in [0.2, 0.25) is 0 Å². The van der Waals surface area contributed by atoms with Gasteiger partial charge >= 0.3 is 0 Å². The standard InChI is InChI=1S/C23H25N7O/c24-21-15-17(8-10-27-21)16-29-11-13-30(14-12-29)23(31)19-6-4-18(5-7-19)22(28-25)20-3-1-2-9-26-20/h1-10,15H,11-14,16,25H2,(H2,24,27). The third-order valence-corrected chi connectivity index (χ3v) is 5.35. The molecule has 0 bridgehead atoms. The van der Waals surface area contributed by atoms with Crippen LogP contribution < -0.4 is 11.6 Å². The molecule has 1 aliphatic heterocycles. The Morgan fingerprint density at radius 1 is 0.935 bits per heavy atom. The highest BCUT2D eigenvalue weighted by molar-refractivity contribution is 6.11. The number of piperazine rings is 1. The van der Waals surface area contributed by atoms with E-state index in [9.17, 15) is 4.79 Å². The summed E-state index contributed by atoms with van der Waals surface area (Å²) in [6.07, 6.45) is 3.42. The molecule has 1 aliphatic rings. The van der Waals surface area contributed by atoms with Crippen molar-refractivity contribution in [3.05, 3.63) is 89.4 Å². The number of aromatic nitrogens is 2. The van der Waals surface area contributed by atoms with Crippen molar-refractivity contribution in [3.63, 3.8) is 0 Å². The van der Waals surface area contributed by atoms with Crippen LogP contribution in [0.5, 0.6) is 0 Å². The van der Waals surface area contributed by atoms with Crippen LogP contribution in [0.1, 0.15) is 27.2 Å². The highest BCUT2D eigenvalue weighted by Crippen LogP contribution is 2.15. The molecule has 0 aliphatic carbocycles. The number of carbonyl (C=O) groups excluding carboxylic acids is 1. The lowest BCUT2D eigenvalue weighted by Crippen LogP contribution is -2.48. The molecule has 1 fully saturated rings. The molecule has 1 aromatic carbocycles. The van der Waals surface area contributed by atoms with Crippen molar-refractivity contribution in [2.24, 2.45) is 10.9 Å². The second-order valence-corrected chi connectivity index (χ2v) is 7.43. The first-order chi connectivity index (χ1) is 15.1. The number of rotatable bonds is 5. The molecule has 1 saturated heterocycles. The summed E-state index contributed by atoms with van der Waals surface area (Å²) in [5.41, 5.74) is 9.64. The van der Waals surface area contributed by atoms with E-state index in [0.717, 1.165) is 30.8 Å². The van der Waals surface area contributed by atoms with Gasteiger partial charge in [-0.1, -0.05) is 18.2 Å². The summed E-state index contributed by atoms with van der Waals surface area (Å²) in [7, 11) is 0. The minimum Gasteiger partial charge on any atom is -0.384 e. The van der Waals surface area contributed by atoms with Gasteiger partial charge in [-0.2, -0.15) is 5.10 Å². The van der Waals surface area contributed by atoms with Gasteiger partial charge in [0.15, 0.2) is 0 Å². The van der Waals surface area contributed by atoms with E-state index in [1.165, 1.54) is 0 Å². The smallest absolute Gasteiger partial charge is 0.253 e. The molecular formula is C23H25N7O. The fourth-order valence-electron chi connectivity index (χ4n) is 3.70. The van der Waals surface area contributed by atoms with Crippen LogP contribution in [0.15, 0.2) is 72.1 Å². The Labute approximate surface area is 181 Å². The number of nitrogens with two attached hydrogens (primary N) is 2. The van der Waals surface area contributed by atoms with Crippen LogP contribution in [0.2, 0.25) is 0 Å². The Balaban J connectivity index is 1.37. The van der Waals surface area contributed by atoms with Gasteiger partial charge in [0.05, 0.1) is 5.69 Å². The van der Waals surface area contributed by atoms with E-state index in [1.54, 1.807) is 12.4 Å². The molecule has 0 atom stereocenters. The third kappa shape index (κ3) is 4.87. The van der Waals surface area contributed by atoms with Gasteiger partial charge < -0.3 is 16.5 Å². The zero-order valence-electron chi connectivity index (χ0n) is 17.2. The number of pyridine rings is 2. The number of carbonyl (C=O) groups is 1. The zero-order valence-corrected chi connectivity index (χ0v) is 17.2. The number of hydrogen-bond donors (Lipinski definition) is 2. The van der Waals surface area contributed by atoms with E-state index in [1.807, 2.05) is 59.5 Å². The minimum absolute atomic E-state index is 0.0310. The van der Waals surface area contributed by atoms with E-state index in [0.29, 0.717) is 35.9 Å². The summed E-state index contributed by atoms with van der Waals surface area (Å²) in [6, 6.07) is 16.8. The molecule has 8 nitrogen and oxygen atoms in total. The first kappa shape index (κ1) is 20.5. The lowest BCUT2D eigenvalue weighted by atomic mass is 10.0. The summed E-state index contributed by atoms with van der Waals surface area (Å²) < 4.78 is 0. The van der Waals surface area contributed by atoms with Gasteiger partial charge in [0.1, 0.15) is 11.5 Å². The fraction of sp³-hybridized carbons (Fsp3) is 0.217. The predicted molar refractivity (Wildman–Crippen MR) is 120 cm³/mol. The van der Waals surface area contributed by atoms with Crippen LogP contribution in [0.25, 0.3) is 0 Å². The van der Waals surface area contributed by atoms with E-state index < -0.39 is 0 Å². The number of amides is 1. The Morgan fingerprint density at radius 2 is 1.68 bits per heavy atom. The Morgan fingerprint density at radius 3 is 2.32 bits per heavy atom. The molecule has 3 heterocycles.